The van der Waals surface area contributed by atoms with Crippen molar-refractivity contribution >= 4 is 17.3 Å². The van der Waals surface area contributed by atoms with E-state index in [1.54, 1.807) is 11.3 Å². The summed E-state index contributed by atoms with van der Waals surface area (Å²) in [7, 11) is 1.41. The molecule has 0 saturated carbocycles. The number of carbonyl (C=O) groups excluding carboxylic acids is 1. The van der Waals surface area contributed by atoms with Crippen molar-refractivity contribution in [1.82, 2.24) is 4.98 Å². The van der Waals surface area contributed by atoms with E-state index < -0.39 is 5.41 Å². The molecule has 0 N–H and O–H groups in total. The number of hydrogen-bond acceptors (Lipinski definition) is 4. The fourth-order valence-corrected chi connectivity index (χ4v) is 3.66. The van der Waals surface area contributed by atoms with Crippen molar-refractivity contribution in [2.24, 2.45) is 0 Å². The molecule has 0 aliphatic heterocycles. The third kappa shape index (κ3) is 2.86. The van der Waals surface area contributed by atoms with Crippen molar-refractivity contribution in [3.05, 3.63) is 39.9 Å². The van der Waals surface area contributed by atoms with Crippen LogP contribution in [0.25, 0.3) is 10.6 Å². The number of benzene rings is 1. The molecule has 0 aliphatic carbocycles. The van der Waals surface area contributed by atoms with Gasteiger partial charge >= 0.3 is 5.97 Å². The van der Waals surface area contributed by atoms with Crippen LogP contribution in [0.3, 0.4) is 0 Å². The van der Waals surface area contributed by atoms with Crippen molar-refractivity contribution in [3.8, 4) is 10.6 Å². The fraction of sp³-hybridized carbons (Fsp3) is 0.412. The monoisotopic (exact) mass is 303 g/mol. The molecule has 1 aromatic carbocycles. The highest BCUT2D eigenvalue weighted by Gasteiger charge is 2.35. The average molecular weight is 303 g/mol. The number of aromatic nitrogens is 1. The van der Waals surface area contributed by atoms with E-state index >= 15 is 0 Å². The number of hydrogen-bond donors (Lipinski definition) is 0. The van der Waals surface area contributed by atoms with Gasteiger partial charge in [0.25, 0.3) is 0 Å². The normalized spacial score (nSPS) is 11.5. The third-order valence-corrected chi connectivity index (χ3v) is 4.70. The first-order valence-electron chi connectivity index (χ1n) is 6.91. The molecule has 0 bridgehead atoms. The van der Waals surface area contributed by atoms with Crippen LogP contribution in [0.2, 0.25) is 0 Å². The number of esters is 1. The molecule has 2 aromatic rings. The van der Waals surface area contributed by atoms with Crippen LogP contribution in [0, 0.1) is 20.8 Å². The molecule has 3 nitrogen and oxygen atoms in total. The van der Waals surface area contributed by atoms with Gasteiger partial charge in [0, 0.05) is 10.4 Å². The topological polar surface area (TPSA) is 39.2 Å². The van der Waals surface area contributed by atoms with Crippen molar-refractivity contribution in [1.29, 1.82) is 0 Å². The molecule has 0 atom stereocenters. The van der Waals surface area contributed by atoms with Crippen LogP contribution >= 0.6 is 11.3 Å². The average Bonchev–Trinajstić information content (AvgIpc) is 2.80. The number of methoxy groups -OCH3 is 1. The standard InChI is InChI=1S/C17H21NO2S/c1-10-7-8-13(11(2)9-10)15-18-14(12(3)21-15)17(4,5)16(19)20-6/h7-9H,1-6H3. The molecule has 0 saturated heterocycles. The Morgan fingerprint density at radius 2 is 1.90 bits per heavy atom. The van der Waals surface area contributed by atoms with Crippen molar-refractivity contribution in [2.75, 3.05) is 7.11 Å². The van der Waals surface area contributed by atoms with Crippen LogP contribution in [0.4, 0.5) is 0 Å². The molecule has 1 aromatic heterocycles. The summed E-state index contributed by atoms with van der Waals surface area (Å²) in [5.41, 5.74) is 3.63. The Kier molecular flexibility index (Phi) is 4.19. The van der Waals surface area contributed by atoms with E-state index in [1.165, 1.54) is 18.2 Å². The van der Waals surface area contributed by atoms with Gasteiger partial charge in [-0.1, -0.05) is 23.8 Å². The van der Waals surface area contributed by atoms with Crippen molar-refractivity contribution < 1.29 is 9.53 Å². The van der Waals surface area contributed by atoms with Crippen molar-refractivity contribution in [3.63, 3.8) is 0 Å². The molecule has 1 heterocycles. The van der Waals surface area contributed by atoms with Gasteiger partial charge in [-0.15, -0.1) is 11.3 Å². The maximum atomic E-state index is 12.0. The number of thiazole rings is 1. The largest absolute Gasteiger partial charge is 0.468 e. The first-order valence-corrected chi connectivity index (χ1v) is 7.73. The lowest BCUT2D eigenvalue weighted by Crippen LogP contribution is -2.31. The minimum Gasteiger partial charge on any atom is -0.468 e. The smallest absolute Gasteiger partial charge is 0.317 e. The second-order valence-electron chi connectivity index (χ2n) is 5.86. The summed E-state index contributed by atoms with van der Waals surface area (Å²) in [5, 5.41) is 0.956. The molecule has 21 heavy (non-hydrogen) atoms. The minimum absolute atomic E-state index is 0.261. The van der Waals surface area contributed by atoms with Crippen LogP contribution in [-0.2, 0) is 14.9 Å². The molecule has 0 radical (unpaired) electrons. The zero-order valence-corrected chi connectivity index (χ0v) is 14.2. The van der Waals surface area contributed by atoms with Gasteiger partial charge in [0.15, 0.2) is 0 Å². The highest BCUT2D eigenvalue weighted by molar-refractivity contribution is 7.15. The van der Waals surface area contributed by atoms with E-state index in [0.717, 1.165) is 21.1 Å². The van der Waals surface area contributed by atoms with E-state index in [9.17, 15) is 4.79 Å². The van der Waals surface area contributed by atoms with E-state index in [1.807, 2.05) is 20.8 Å². The maximum Gasteiger partial charge on any atom is 0.317 e. The molecule has 4 heteroatoms. The molecule has 0 fully saturated rings. The van der Waals surface area contributed by atoms with Crippen LogP contribution < -0.4 is 0 Å². The first kappa shape index (κ1) is 15.7. The molecule has 0 amide bonds. The summed E-state index contributed by atoms with van der Waals surface area (Å²) >= 11 is 1.62. The van der Waals surface area contributed by atoms with Gasteiger partial charge in [0.05, 0.1) is 12.8 Å². The summed E-state index contributed by atoms with van der Waals surface area (Å²) in [5.74, 6) is -0.261. The summed E-state index contributed by atoms with van der Waals surface area (Å²) in [6.45, 7) is 9.88. The SMILES string of the molecule is COC(=O)C(C)(C)c1nc(-c2ccc(C)cc2C)sc1C. The molecule has 112 valence electrons. The van der Waals surface area contributed by atoms with Gasteiger partial charge in [-0.05, 0) is 40.2 Å². The Bertz CT molecular complexity index is 686. The Morgan fingerprint density at radius 3 is 2.48 bits per heavy atom. The summed E-state index contributed by atoms with van der Waals surface area (Å²) in [6.07, 6.45) is 0. The van der Waals surface area contributed by atoms with E-state index in [4.69, 9.17) is 9.72 Å². The predicted molar refractivity (Wildman–Crippen MR) is 86.8 cm³/mol. The van der Waals surface area contributed by atoms with Gasteiger partial charge in [0.1, 0.15) is 10.4 Å². The van der Waals surface area contributed by atoms with Gasteiger partial charge in [0.2, 0.25) is 0 Å². The Labute approximate surface area is 130 Å². The summed E-state index contributed by atoms with van der Waals surface area (Å²) in [6, 6.07) is 6.33. The zero-order valence-electron chi connectivity index (χ0n) is 13.4. The fourth-order valence-electron chi connectivity index (χ4n) is 2.50. The van der Waals surface area contributed by atoms with Gasteiger partial charge in [-0.3, -0.25) is 4.79 Å². The van der Waals surface area contributed by atoms with Crippen LogP contribution in [0.1, 0.15) is 35.5 Å². The zero-order chi connectivity index (χ0) is 15.8. The Morgan fingerprint density at radius 1 is 1.24 bits per heavy atom. The van der Waals surface area contributed by atoms with Crippen LogP contribution in [-0.4, -0.2) is 18.1 Å². The molecule has 2 rings (SSSR count). The van der Waals surface area contributed by atoms with E-state index in [-0.39, 0.29) is 5.97 Å². The summed E-state index contributed by atoms with van der Waals surface area (Å²) in [4.78, 5) is 17.8. The van der Waals surface area contributed by atoms with Gasteiger partial charge in [-0.25, -0.2) is 4.98 Å². The number of ether oxygens (including phenoxy) is 1. The lowest BCUT2D eigenvalue weighted by Gasteiger charge is -2.20. The second-order valence-corrected chi connectivity index (χ2v) is 7.06. The first-order chi connectivity index (χ1) is 9.77. The quantitative estimate of drug-likeness (QED) is 0.798. The molecule has 0 aliphatic rings. The number of rotatable bonds is 3. The maximum absolute atomic E-state index is 12.0. The van der Waals surface area contributed by atoms with E-state index in [2.05, 4.69) is 32.0 Å². The number of aryl methyl sites for hydroxylation is 3. The number of nitrogens with zero attached hydrogens (tertiary/aromatic N) is 1. The summed E-state index contributed by atoms with van der Waals surface area (Å²) < 4.78 is 4.90. The Hall–Kier alpha value is -1.68. The van der Waals surface area contributed by atoms with Crippen LogP contribution in [0.15, 0.2) is 18.2 Å². The second kappa shape index (κ2) is 5.60. The molecular formula is C17H21NO2S. The Balaban J connectivity index is 2.51. The highest BCUT2D eigenvalue weighted by atomic mass is 32.1. The molecule has 0 unspecified atom stereocenters. The minimum atomic E-state index is -0.730. The van der Waals surface area contributed by atoms with Crippen molar-refractivity contribution in [2.45, 2.75) is 40.0 Å². The van der Waals surface area contributed by atoms with Gasteiger partial charge < -0.3 is 4.74 Å². The number of carbonyl (C=O) groups is 1. The molecule has 0 spiro atoms. The third-order valence-electron chi connectivity index (χ3n) is 3.70. The highest BCUT2D eigenvalue weighted by Crippen LogP contribution is 2.36. The lowest BCUT2D eigenvalue weighted by molar-refractivity contribution is -0.146. The van der Waals surface area contributed by atoms with Crippen LogP contribution in [0.5, 0.6) is 0 Å². The predicted octanol–water partition coefficient (Wildman–Crippen LogP) is 4.19. The van der Waals surface area contributed by atoms with Gasteiger partial charge in [-0.2, -0.15) is 0 Å². The lowest BCUT2D eigenvalue weighted by atomic mass is 9.89. The van der Waals surface area contributed by atoms with E-state index in [0.29, 0.717) is 0 Å². The molecular weight excluding hydrogens is 282 g/mol.